The second-order valence-electron chi connectivity index (χ2n) is 8.52. The fourth-order valence-corrected chi connectivity index (χ4v) is 4.53. The first-order valence-electron chi connectivity index (χ1n) is 11.1. The van der Waals surface area contributed by atoms with Crippen LogP contribution in [0.3, 0.4) is 0 Å². The van der Waals surface area contributed by atoms with Crippen LogP contribution < -0.4 is 9.80 Å². The summed E-state index contributed by atoms with van der Waals surface area (Å²) in [6.45, 7) is 0. The topological polar surface area (TPSA) is 60.9 Å². The molecule has 5 rings (SSSR count). The first-order valence-corrected chi connectivity index (χ1v) is 11.1. The molecular weight excluding hydrogens is 424 g/mol. The number of Topliss-reactive ketones (excluding diaryl/α,β-unsaturated/α-hetero) is 1. The summed E-state index contributed by atoms with van der Waals surface area (Å²) >= 11 is 0. The summed E-state index contributed by atoms with van der Waals surface area (Å²) in [4.78, 5) is 30.1. The summed E-state index contributed by atoms with van der Waals surface area (Å²) in [5.41, 5.74) is 2.95. The number of carbonyl (C=O) groups excluding carboxylic acids is 2. The van der Waals surface area contributed by atoms with Gasteiger partial charge in [-0.15, -0.1) is 0 Å². The number of nitrogens with zero attached hydrogens (tertiary/aromatic N) is 2. The van der Waals surface area contributed by atoms with Crippen molar-refractivity contribution in [3.05, 3.63) is 114 Å². The Labute approximate surface area is 198 Å². The molecule has 4 aromatic carbocycles. The SMILES string of the molecule is CN(C)c1ccc(C2/C(=C(/O)c3cccc4ccccc34)C(=O)C(=O)N2c2ccccc2)cc1. The van der Waals surface area contributed by atoms with Gasteiger partial charge in [-0.3, -0.25) is 14.5 Å². The van der Waals surface area contributed by atoms with Crippen molar-refractivity contribution in [1.82, 2.24) is 0 Å². The number of rotatable bonds is 4. The Morgan fingerprint density at radius 2 is 1.44 bits per heavy atom. The van der Waals surface area contributed by atoms with Crippen molar-refractivity contribution in [3.63, 3.8) is 0 Å². The minimum Gasteiger partial charge on any atom is -0.507 e. The number of anilines is 2. The number of ketones is 1. The highest BCUT2D eigenvalue weighted by molar-refractivity contribution is 6.51. The molecule has 1 aliphatic heterocycles. The first kappa shape index (κ1) is 21.5. The van der Waals surface area contributed by atoms with Crippen molar-refractivity contribution in [1.29, 1.82) is 0 Å². The van der Waals surface area contributed by atoms with Crippen LogP contribution in [0.15, 0.2) is 103 Å². The molecule has 0 spiro atoms. The van der Waals surface area contributed by atoms with Gasteiger partial charge in [0.25, 0.3) is 11.7 Å². The van der Waals surface area contributed by atoms with E-state index in [2.05, 4.69) is 0 Å². The van der Waals surface area contributed by atoms with Crippen molar-refractivity contribution in [2.75, 3.05) is 23.9 Å². The molecule has 1 unspecified atom stereocenters. The summed E-state index contributed by atoms with van der Waals surface area (Å²) in [5.74, 6) is -1.53. The van der Waals surface area contributed by atoms with E-state index in [1.54, 1.807) is 18.2 Å². The molecule has 34 heavy (non-hydrogen) atoms. The lowest BCUT2D eigenvalue weighted by molar-refractivity contribution is -0.132. The molecule has 4 aromatic rings. The minimum atomic E-state index is -0.752. The van der Waals surface area contributed by atoms with Crippen LogP contribution in [0.5, 0.6) is 0 Å². The number of aliphatic hydroxyl groups is 1. The number of hydrogen-bond acceptors (Lipinski definition) is 4. The van der Waals surface area contributed by atoms with E-state index >= 15 is 0 Å². The summed E-state index contributed by atoms with van der Waals surface area (Å²) in [7, 11) is 3.90. The normalized spacial score (nSPS) is 17.4. The quantitative estimate of drug-likeness (QED) is 0.253. The van der Waals surface area contributed by atoms with E-state index in [4.69, 9.17) is 0 Å². The van der Waals surface area contributed by atoms with Crippen molar-refractivity contribution >= 4 is 39.6 Å². The van der Waals surface area contributed by atoms with Gasteiger partial charge in [-0.25, -0.2) is 0 Å². The molecule has 1 atom stereocenters. The maximum absolute atomic E-state index is 13.4. The average Bonchev–Trinajstić information content (AvgIpc) is 3.14. The van der Waals surface area contributed by atoms with E-state index in [-0.39, 0.29) is 11.3 Å². The van der Waals surface area contributed by atoms with Crippen LogP contribution in [0, 0.1) is 0 Å². The Hall–Kier alpha value is -4.38. The number of aliphatic hydroxyl groups excluding tert-OH is 1. The summed E-state index contributed by atoms with van der Waals surface area (Å²) in [6.07, 6.45) is 0. The van der Waals surface area contributed by atoms with Gasteiger partial charge in [0.2, 0.25) is 0 Å². The Balaban J connectivity index is 1.75. The summed E-state index contributed by atoms with van der Waals surface area (Å²) in [6, 6.07) is 29.3. The number of fused-ring (bicyclic) bond motifs is 1. The molecule has 1 aliphatic rings. The third-order valence-electron chi connectivity index (χ3n) is 6.25. The molecule has 5 heteroatoms. The van der Waals surface area contributed by atoms with Gasteiger partial charge < -0.3 is 10.0 Å². The van der Waals surface area contributed by atoms with E-state index in [9.17, 15) is 14.7 Å². The second-order valence-corrected chi connectivity index (χ2v) is 8.52. The highest BCUT2D eigenvalue weighted by Crippen LogP contribution is 2.43. The van der Waals surface area contributed by atoms with Gasteiger partial charge in [-0.2, -0.15) is 0 Å². The monoisotopic (exact) mass is 448 g/mol. The van der Waals surface area contributed by atoms with Crippen LogP contribution in [0.2, 0.25) is 0 Å². The maximum Gasteiger partial charge on any atom is 0.300 e. The highest BCUT2D eigenvalue weighted by atomic mass is 16.3. The molecule has 168 valence electrons. The van der Waals surface area contributed by atoms with E-state index in [1.165, 1.54) is 4.90 Å². The lowest BCUT2D eigenvalue weighted by atomic mass is 9.93. The van der Waals surface area contributed by atoms with E-state index < -0.39 is 17.7 Å². The molecule has 0 radical (unpaired) electrons. The Bertz CT molecular complexity index is 1420. The van der Waals surface area contributed by atoms with E-state index in [1.807, 2.05) is 97.9 Å². The number of carbonyl (C=O) groups is 2. The number of amides is 1. The molecule has 5 nitrogen and oxygen atoms in total. The van der Waals surface area contributed by atoms with Crippen molar-refractivity contribution < 1.29 is 14.7 Å². The molecule has 1 amide bonds. The van der Waals surface area contributed by atoms with Gasteiger partial charge in [0.15, 0.2) is 0 Å². The Kier molecular flexibility index (Phi) is 5.38. The highest BCUT2D eigenvalue weighted by Gasteiger charge is 2.47. The van der Waals surface area contributed by atoms with Crippen LogP contribution in [0.4, 0.5) is 11.4 Å². The molecule has 0 aliphatic carbocycles. The maximum atomic E-state index is 13.4. The zero-order valence-electron chi connectivity index (χ0n) is 19.0. The molecule has 0 saturated carbocycles. The summed E-state index contributed by atoms with van der Waals surface area (Å²) in [5, 5.41) is 13.3. The Morgan fingerprint density at radius 3 is 2.15 bits per heavy atom. The van der Waals surface area contributed by atoms with Crippen LogP contribution in [0.25, 0.3) is 16.5 Å². The molecule has 0 aromatic heterocycles. The van der Waals surface area contributed by atoms with Crippen LogP contribution in [0.1, 0.15) is 17.2 Å². The largest absolute Gasteiger partial charge is 0.507 e. The van der Waals surface area contributed by atoms with Crippen molar-refractivity contribution in [2.24, 2.45) is 0 Å². The van der Waals surface area contributed by atoms with Crippen LogP contribution >= 0.6 is 0 Å². The molecule has 1 fully saturated rings. The van der Waals surface area contributed by atoms with Crippen LogP contribution in [-0.4, -0.2) is 30.9 Å². The summed E-state index contributed by atoms with van der Waals surface area (Å²) < 4.78 is 0. The fraction of sp³-hybridized carbons (Fsp3) is 0.103. The zero-order valence-corrected chi connectivity index (χ0v) is 19.0. The zero-order chi connectivity index (χ0) is 23.8. The van der Waals surface area contributed by atoms with Gasteiger partial charge >= 0.3 is 0 Å². The lowest BCUT2D eigenvalue weighted by Gasteiger charge is -2.26. The Morgan fingerprint density at radius 1 is 0.794 bits per heavy atom. The van der Waals surface area contributed by atoms with Crippen LogP contribution in [-0.2, 0) is 9.59 Å². The third-order valence-corrected chi connectivity index (χ3v) is 6.25. The first-order chi connectivity index (χ1) is 16.5. The minimum absolute atomic E-state index is 0.0859. The molecule has 0 bridgehead atoms. The fourth-order valence-electron chi connectivity index (χ4n) is 4.53. The molecular formula is C29H24N2O3. The number of para-hydroxylation sites is 1. The second kappa shape index (κ2) is 8.52. The number of hydrogen-bond donors (Lipinski definition) is 1. The van der Waals surface area contributed by atoms with Gasteiger partial charge in [0.05, 0.1) is 11.6 Å². The van der Waals surface area contributed by atoms with E-state index in [0.29, 0.717) is 11.3 Å². The van der Waals surface area contributed by atoms with Gasteiger partial charge in [-0.05, 0) is 40.6 Å². The molecule has 1 heterocycles. The lowest BCUT2D eigenvalue weighted by Crippen LogP contribution is -2.29. The third kappa shape index (κ3) is 3.52. The smallest absolute Gasteiger partial charge is 0.300 e. The predicted octanol–water partition coefficient (Wildman–Crippen LogP) is 5.53. The average molecular weight is 449 g/mol. The molecule has 1 N–H and O–H groups in total. The van der Waals surface area contributed by atoms with Crippen molar-refractivity contribution in [2.45, 2.75) is 6.04 Å². The van der Waals surface area contributed by atoms with Gasteiger partial charge in [-0.1, -0.05) is 72.8 Å². The van der Waals surface area contributed by atoms with Crippen molar-refractivity contribution in [3.8, 4) is 0 Å². The van der Waals surface area contributed by atoms with Gasteiger partial charge in [0.1, 0.15) is 5.76 Å². The van der Waals surface area contributed by atoms with E-state index in [0.717, 1.165) is 22.0 Å². The number of benzene rings is 4. The molecule has 1 saturated heterocycles. The predicted molar refractivity (Wildman–Crippen MR) is 136 cm³/mol. The standard InChI is InChI=1S/C29H24N2O3/c1-30(2)21-17-15-20(16-18-21)26-25(28(33)29(34)31(26)22-11-4-3-5-12-22)27(32)24-14-8-10-19-9-6-7-13-23(19)24/h3-18,26,32H,1-2H3/b27-25-. The van der Waals surface area contributed by atoms with Gasteiger partial charge in [0, 0.05) is 31.0 Å².